The standard InChI is InChI=1S/C19H12N2O2S/c1-20-10-11-2-4-12(5-3-11)16-15(22)7-6-14-17(16)13-8-9-24-18(13)19(23)21-14/h2-9,22H,10H2,(H,21,23). The lowest BCUT2D eigenvalue weighted by atomic mass is 9.96. The number of pyridine rings is 1. The molecule has 2 heterocycles. The van der Waals surface area contributed by atoms with Gasteiger partial charge in [0.2, 0.25) is 6.54 Å². The Morgan fingerprint density at radius 3 is 2.67 bits per heavy atom. The maximum Gasteiger partial charge on any atom is 0.266 e. The Morgan fingerprint density at radius 2 is 1.92 bits per heavy atom. The molecule has 2 N–H and O–H groups in total. The summed E-state index contributed by atoms with van der Waals surface area (Å²) in [7, 11) is 0. The van der Waals surface area contributed by atoms with Crippen LogP contribution in [0.4, 0.5) is 0 Å². The molecule has 0 aliphatic rings. The summed E-state index contributed by atoms with van der Waals surface area (Å²) in [5, 5.41) is 14.0. The topological polar surface area (TPSA) is 57.4 Å². The molecule has 4 rings (SSSR count). The first-order valence-corrected chi connectivity index (χ1v) is 8.24. The number of aromatic amines is 1. The van der Waals surface area contributed by atoms with Crippen LogP contribution in [0.5, 0.6) is 5.75 Å². The second kappa shape index (κ2) is 5.52. The third kappa shape index (κ3) is 2.16. The summed E-state index contributed by atoms with van der Waals surface area (Å²) in [5.41, 5.74) is 3.07. The second-order valence-electron chi connectivity index (χ2n) is 5.51. The monoisotopic (exact) mass is 332 g/mol. The molecule has 4 aromatic rings. The molecule has 2 aromatic carbocycles. The minimum absolute atomic E-state index is 0.114. The van der Waals surface area contributed by atoms with Crippen molar-refractivity contribution in [2.75, 3.05) is 0 Å². The molecule has 2 aromatic heterocycles. The van der Waals surface area contributed by atoms with Gasteiger partial charge in [-0.2, -0.15) is 0 Å². The van der Waals surface area contributed by atoms with Crippen molar-refractivity contribution >= 4 is 32.3 Å². The quantitative estimate of drug-likeness (QED) is 0.530. The van der Waals surface area contributed by atoms with Crippen molar-refractivity contribution in [2.45, 2.75) is 6.54 Å². The van der Waals surface area contributed by atoms with Crippen LogP contribution in [-0.2, 0) is 6.54 Å². The summed E-state index contributed by atoms with van der Waals surface area (Å²) in [4.78, 5) is 18.4. The molecule has 0 spiro atoms. The van der Waals surface area contributed by atoms with E-state index in [4.69, 9.17) is 6.57 Å². The van der Waals surface area contributed by atoms with Crippen LogP contribution in [-0.4, -0.2) is 10.1 Å². The van der Waals surface area contributed by atoms with E-state index in [2.05, 4.69) is 9.83 Å². The van der Waals surface area contributed by atoms with Crippen LogP contribution < -0.4 is 5.56 Å². The lowest BCUT2D eigenvalue weighted by Gasteiger charge is -2.11. The van der Waals surface area contributed by atoms with E-state index < -0.39 is 0 Å². The molecule has 4 nitrogen and oxygen atoms in total. The zero-order valence-corrected chi connectivity index (χ0v) is 13.4. The zero-order valence-electron chi connectivity index (χ0n) is 12.5. The van der Waals surface area contributed by atoms with Gasteiger partial charge in [0.1, 0.15) is 10.4 Å². The number of nitrogens with zero attached hydrogens (tertiary/aromatic N) is 1. The Balaban J connectivity index is 2.07. The summed E-state index contributed by atoms with van der Waals surface area (Å²) in [6.07, 6.45) is 0. The molecule has 0 fully saturated rings. The highest BCUT2D eigenvalue weighted by Gasteiger charge is 2.15. The SMILES string of the molecule is [C-]#[N+]Cc1ccc(-c2c(O)ccc3[nH]c(=O)c4sccc4c23)cc1. The largest absolute Gasteiger partial charge is 0.507 e. The number of phenolic OH excluding ortho intramolecular Hbond substituents is 1. The van der Waals surface area contributed by atoms with E-state index in [0.717, 1.165) is 21.9 Å². The number of thiophene rings is 1. The van der Waals surface area contributed by atoms with E-state index in [1.54, 1.807) is 12.1 Å². The van der Waals surface area contributed by atoms with Crippen molar-refractivity contribution in [3.05, 3.63) is 75.2 Å². The number of rotatable bonds is 2. The first-order chi connectivity index (χ1) is 11.7. The van der Waals surface area contributed by atoms with Gasteiger partial charge >= 0.3 is 0 Å². The fourth-order valence-corrected chi connectivity index (χ4v) is 3.79. The molecule has 0 bridgehead atoms. The predicted molar refractivity (Wildman–Crippen MR) is 97.4 cm³/mol. The molecule has 24 heavy (non-hydrogen) atoms. The average Bonchev–Trinajstić information content (AvgIpc) is 3.07. The van der Waals surface area contributed by atoms with Crippen LogP contribution >= 0.6 is 11.3 Å². The first kappa shape index (κ1) is 14.5. The number of hydrogen-bond acceptors (Lipinski definition) is 3. The molecule has 0 atom stereocenters. The summed E-state index contributed by atoms with van der Waals surface area (Å²) < 4.78 is 0.652. The number of aromatic hydroxyl groups is 1. The number of aromatic nitrogens is 1. The van der Waals surface area contributed by atoms with Gasteiger partial charge in [-0.25, -0.2) is 6.57 Å². The van der Waals surface area contributed by atoms with Crippen molar-refractivity contribution in [2.24, 2.45) is 0 Å². The summed E-state index contributed by atoms with van der Waals surface area (Å²) in [5.74, 6) is 0.167. The number of hydrogen-bond donors (Lipinski definition) is 2. The lowest BCUT2D eigenvalue weighted by Crippen LogP contribution is -2.04. The lowest BCUT2D eigenvalue weighted by molar-refractivity contribution is 0.478. The normalized spacial score (nSPS) is 11.0. The number of nitrogens with one attached hydrogen (secondary N) is 1. The maximum atomic E-state index is 12.2. The Morgan fingerprint density at radius 1 is 1.12 bits per heavy atom. The summed E-state index contributed by atoms with van der Waals surface area (Å²) in [6.45, 7) is 7.28. The minimum Gasteiger partial charge on any atom is -0.507 e. The molecule has 0 aliphatic carbocycles. The molecule has 0 aliphatic heterocycles. The first-order valence-electron chi connectivity index (χ1n) is 7.37. The van der Waals surface area contributed by atoms with Gasteiger partial charge in [0.05, 0.1) is 0 Å². The van der Waals surface area contributed by atoms with E-state index in [-0.39, 0.29) is 11.3 Å². The predicted octanol–water partition coefficient (Wildman–Crippen LogP) is 4.53. The summed E-state index contributed by atoms with van der Waals surface area (Å²) in [6, 6.07) is 12.8. The number of phenols is 1. The van der Waals surface area contributed by atoms with Gasteiger partial charge in [-0.3, -0.25) is 4.79 Å². The molecular weight excluding hydrogens is 320 g/mol. The van der Waals surface area contributed by atoms with Crippen molar-refractivity contribution in [1.82, 2.24) is 4.98 Å². The molecule has 0 saturated heterocycles. The molecule has 0 unspecified atom stereocenters. The molecule has 0 amide bonds. The molecular formula is C19H12N2O2S. The highest BCUT2D eigenvalue weighted by molar-refractivity contribution is 7.17. The van der Waals surface area contributed by atoms with E-state index in [0.29, 0.717) is 22.3 Å². The maximum absolute atomic E-state index is 12.2. The van der Waals surface area contributed by atoms with E-state index in [1.807, 2.05) is 35.7 Å². The Kier molecular flexibility index (Phi) is 3.33. The van der Waals surface area contributed by atoms with Crippen molar-refractivity contribution < 1.29 is 5.11 Å². The van der Waals surface area contributed by atoms with Crippen LogP contribution in [0, 0.1) is 6.57 Å². The van der Waals surface area contributed by atoms with Crippen LogP contribution in [0.2, 0.25) is 0 Å². The van der Waals surface area contributed by atoms with Gasteiger partial charge in [-0.05, 0) is 29.1 Å². The van der Waals surface area contributed by atoms with Crippen molar-refractivity contribution in [3.63, 3.8) is 0 Å². The smallest absolute Gasteiger partial charge is 0.266 e. The van der Waals surface area contributed by atoms with E-state index in [9.17, 15) is 9.90 Å². The van der Waals surface area contributed by atoms with Gasteiger partial charge in [0.15, 0.2) is 0 Å². The van der Waals surface area contributed by atoms with Gasteiger partial charge in [0.25, 0.3) is 5.56 Å². The molecule has 5 heteroatoms. The van der Waals surface area contributed by atoms with Gasteiger partial charge < -0.3 is 14.9 Å². The second-order valence-corrected chi connectivity index (χ2v) is 6.43. The van der Waals surface area contributed by atoms with Crippen LogP contribution in [0.15, 0.2) is 52.6 Å². The van der Waals surface area contributed by atoms with Crippen molar-refractivity contribution in [3.8, 4) is 16.9 Å². The van der Waals surface area contributed by atoms with E-state index in [1.165, 1.54) is 11.3 Å². The Labute approximate surface area is 141 Å². The third-order valence-electron chi connectivity index (χ3n) is 4.08. The summed E-state index contributed by atoms with van der Waals surface area (Å²) >= 11 is 1.39. The zero-order chi connectivity index (χ0) is 16.7. The van der Waals surface area contributed by atoms with Crippen LogP contribution in [0.3, 0.4) is 0 Å². The molecule has 0 radical (unpaired) electrons. The van der Waals surface area contributed by atoms with E-state index >= 15 is 0 Å². The fourth-order valence-electron chi connectivity index (χ4n) is 3.00. The van der Waals surface area contributed by atoms with Gasteiger partial charge in [-0.15, -0.1) is 11.3 Å². The third-order valence-corrected chi connectivity index (χ3v) is 4.99. The highest BCUT2D eigenvalue weighted by atomic mass is 32.1. The van der Waals surface area contributed by atoms with Gasteiger partial charge in [0, 0.05) is 27.4 Å². The number of benzene rings is 2. The Bertz CT molecular complexity index is 1160. The minimum atomic E-state index is -0.114. The number of fused-ring (bicyclic) bond motifs is 3. The van der Waals surface area contributed by atoms with Gasteiger partial charge in [-0.1, -0.05) is 24.3 Å². The van der Waals surface area contributed by atoms with Crippen molar-refractivity contribution in [1.29, 1.82) is 0 Å². The molecule has 116 valence electrons. The van der Waals surface area contributed by atoms with Crippen LogP contribution in [0.1, 0.15) is 5.56 Å². The fraction of sp³-hybridized carbons (Fsp3) is 0.0526. The Hall–Kier alpha value is -3.10. The number of H-pyrrole nitrogens is 1. The average molecular weight is 332 g/mol. The highest BCUT2D eigenvalue weighted by Crippen LogP contribution is 2.39. The molecule has 0 saturated carbocycles. The van der Waals surface area contributed by atoms with Crippen LogP contribution in [0.25, 0.3) is 37.0 Å².